The second-order valence-corrected chi connectivity index (χ2v) is 7.16. The van der Waals surface area contributed by atoms with Crippen LogP contribution in [0.3, 0.4) is 0 Å². The van der Waals surface area contributed by atoms with Crippen LogP contribution in [0.2, 0.25) is 0 Å². The number of halogens is 2. The van der Waals surface area contributed by atoms with Crippen molar-refractivity contribution in [3.8, 4) is 5.69 Å². The maximum absolute atomic E-state index is 13.5. The number of aromatic nitrogens is 5. The van der Waals surface area contributed by atoms with Crippen molar-refractivity contribution in [1.82, 2.24) is 24.3 Å². The molecule has 0 saturated carbocycles. The smallest absolute Gasteiger partial charge is 0.278 e. The molecule has 0 amide bonds. The van der Waals surface area contributed by atoms with E-state index >= 15 is 0 Å². The lowest BCUT2D eigenvalue weighted by Gasteiger charge is -2.24. The number of nitrogens with zero attached hydrogens (tertiary/aromatic N) is 5. The van der Waals surface area contributed by atoms with Gasteiger partial charge in [-0.2, -0.15) is 4.98 Å². The van der Waals surface area contributed by atoms with E-state index in [-0.39, 0.29) is 17.3 Å². The van der Waals surface area contributed by atoms with Gasteiger partial charge >= 0.3 is 0 Å². The zero-order valence-electron chi connectivity index (χ0n) is 15.9. The summed E-state index contributed by atoms with van der Waals surface area (Å²) in [6.45, 7) is 6.62. The van der Waals surface area contributed by atoms with Gasteiger partial charge in [0.2, 0.25) is 12.4 Å². The van der Waals surface area contributed by atoms with Crippen LogP contribution < -0.4 is 10.9 Å². The minimum atomic E-state index is -2.58. The molecular weight excluding hydrogens is 354 g/mol. The molecule has 0 aliphatic rings. The quantitative estimate of drug-likeness (QED) is 0.740. The second kappa shape index (κ2) is 6.71. The summed E-state index contributed by atoms with van der Waals surface area (Å²) in [5.74, 6) is 0.361. The molecule has 9 heteroatoms. The second-order valence-electron chi connectivity index (χ2n) is 7.16. The lowest BCUT2D eigenvalue weighted by molar-refractivity contribution is 0.0671. The first kappa shape index (κ1) is 18.9. The lowest BCUT2D eigenvalue weighted by Crippen LogP contribution is -2.29. The van der Waals surface area contributed by atoms with E-state index < -0.39 is 11.8 Å². The van der Waals surface area contributed by atoms with Gasteiger partial charge in [0, 0.05) is 25.5 Å². The summed E-state index contributed by atoms with van der Waals surface area (Å²) in [5, 5.41) is 3.20. The standard InChI is InChI=1S/C18H22F2N6O/c1-10(2)25-15(27)12-9-23-17(21-5)24-14(12)26(25)11-6-7-22-13(8-11)18(3,4)16(19)20/h6-10,16H,1-5H3,(H,21,23,24). The SMILES string of the molecule is CNc1ncc2c(=O)n(C(C)C)n(-c3ccnc(C(C)(C)C(F)F)c3)c2n1. The summed E-state index contributed by atoms with van der Waals surface area (Å²) in [6.07, 6.45) is 0.361. The molecule has 0 spiro atoms. The Morgan fingerprint density at radius 1 is 1.22 bits per heavy atom. The van der Waals surface area contributed by atoms with Crippen LogP contribution in [0.4, 0.5) is 14.7 Å². The summed E-state index contributed by atoms with van der Waals surface area (Å²) >= 11 is 0. The normalized spacial score (nSPS) is 12.3. The van der Waals surface area contributed by atoms with Crippen LogP contribution in [0, 0.1) is 0 Å². The van der Waals surface area contributed by atoms with Crippen molar-refractivity contribution in [2.45, 2.75) is 45.6 Å². The molecule has 3 aromatic heterocycles. The average Bonchev–Trinajstić information content (AvgIpc) is 2.93. The Bertz CT molecular complexity index is 1040. The highest BCUT2D eigenvalue weighted by Crippen LogP contribution is 2.30. The highest BCUT2D eigenvalue weighted by Gasteiger charge is 2.33. The molecule has 144 valence electrons. The molecule has 0 atom stereocenters. The number of anilines is 1. The first-order valence-electron chi connectivity index (χ1n) is 8.61. The van der Waals surface area contributed by atoms with Crippen LogP contribution >= 0.6 is 0 Å². The third-order valence-electron chi connectivity index (χ3n) is 4.53. The third kappa shape index (κ3) is 3.07. The number of fused-ring (bicyclic) bond motifs is 1. The van der Waals surface area contributed by atoms with Crippen LogP contribution in [0.1, 0.15) is 39.4 Å². The van der Waals surface area contributed by atoms with Gasteiger partial charge in [-0.15, -0.1) is 0 Å². The van der Waals surface area contributed by atoms with E-state index in [9.17, 15) is 13.6 Å². The largest absolute Gasteiger partial charge is 0.357 e. The fourth-order valence-electron chi connectivity index (χ4n) is 2.85. The fraction of sp³-hybridized carbons (Fsp3) is 0.444. The van der Waals surface area contributed by atoms with E-state index in [1.807, 2.05) is 13.8 Å². The van der Waals surface area contributed by atoms with E-state index in [0.717, 1.165) is 0 Å². The van der Waals surface area contributed by atoms with Crippen molar-refractivity contribution in [1.29, 1.82) is 0 Å². The Kier molecular flexibility index (Phi) is 4.71. The van der Waals surface area contributed by atoms with Crippen LogP contribution in [0.25, 0.3) is 16.7 Å². The van der Waals surface area contributed by atoms with E-state index in [2.05, 4.69) is 20.3 Å². The van der Waals surface area contributed by atoms with Crippen LogP contribution in [-0.2, 0) is 5.41 Å². The molecular formula is C18H22F2N6O. The lowest BCUT2D eigenvalue weighted by atomic mass is 9.89. The van der Waals surface area contributed by atoms with Crippen molar-refractivity contribution in [3.05, 3.63) is 40.6 Å². The Morgan fingerprint density at radius 2 is 1.93 bits per heavy atom. The van der Waals surface area contributed by atoms with Gasteiger partial charge in [-0.05, 0) is 39.8 Å². The van der Waals surface area contributed by atoms with E-state index in [0.29, 0.717) is 22.7 Å². The summed E-state index contributed by atoms with van der Waals surface area (Å²) < 4.78 is 30.1. The number of alkyl halides is 2. The van der Waals surface area contributed by atoms with E-state index in [1.165, 1.54) is 30.9 Å². The number of nitrogens with one attached hydrogen (secondary N) is 1. The molecule has 0 radical (unpaired) electrons. The van der Waals surface area contributed by atoms with Crippen LogP contribution in [0.15, 0.2) is 29.3 Å². The third-order valence-corrected chi connectivity index (χ3v) is 4.53. The molecule has 3 heterocycles. The van der Waals surface area contributed by atoms with Crippen LogP contribution in [-0.4, -0.2) is 37.8 Å². The molecule has 3 rings (SSSR count). The average molecular weight is 376 g/mol. The molecule has 0 aliphatic carbocycles. The van der Waals surface area contributed by atoms with Gasteiger partial charge < -0.3 is 5.32 Å². The molecule has 3 aromatic rings. The van der Waals surface area contributed by atoms with E-state index in [4.69, 9.17) is 0 Å². The zero-order chi connectivity index (χ0) is 19.9. The summed E-state index contributed by atoms with van der Waals surface area (Å²) in [7, 11) is 1.68. The van der Waals surface area contributed by atoms with Gasteiger partial charge in [-0.25, -0.2) is 23.1 Å². The number of hydrogen-bond donors (Lipinski definition) is 1. The Morgan fingerprint density at radius 3 is 2.52 bits per heavy atom. The molecule has 0 unspecified atom stereocenters. The monoisotopic (exact) mass is 376 g/mol. The van der Waals surface area contributed by atoms with Gasteiger partial charge in [0.15, 0.2) is 5.65 Å². The van der Waals surface area contributed by atoms with Crippen LogP contribution in [0.5, 0.6) is 0 Å². The van der Waals surface area contributed by atoms with Crippen molar-refractivity contribution >= 4 is 17.0 Å². The van der Waals surface area contributed by atoms with Gasteiger partial charge in [-0.1, -0.05) is 0 Å². The zero-order valence-corrected chi connectivity index (χ0v) is 15.9. The van der Waals surface area contributed by atoms with Crippen molar-refractivity contribution in [2.24, 2.45) is 0 Å². The summed E-state index contributed by atoms with van der Waals surface area (Å²) in [6, 6.07) is 3.07. The minimum Gasteiger partial charge on any atom is -0.357 e. The van der Waals surface area contributed by atoms with Gasteiger partial charge in [0.1, 0.15) is 5.39 Å². The topological polar surface area (TPSA) is 77.6 Å². The van der Waals surface area contributed by atoms with Crippen molar-refractivity contribution in [2.75, 3.05) is 12.4 Å². The molecule has 0 fully saturated rings. The number of rotatable bonds is 5. The summed E-state index contributed by atoms with van der Waals surface area (Å²) in [5.41, 5.74) is -0.487. The Labute approximate surface area is 155 Å². The molecule has 0 saturated heterocycles. The first-order chi connectivity index (χ1) is 12.7. The Hall–Kier alpha value is -2.84. The highest BCUT2D eigenvalue weighted by molar-refractivity contribution is 5.76. The van der Waals surface area contributed by atoms with Crippen molar-refractivity contribution in [3.63, 3.8) is 0 Å². The van der Waals surface area contributed by atoms with Gasteiger partial charge in [0.25, 0.3) is 5.56 Å². The molecule has 0 aromatic carbocycles. The number of pyridine rings is 1. The molecule has 27 heavy (non-hydrogen) atoms. The maximum Gasteiger partial charge on any atom is 0.278 e. The maximum atomic E-state index is 13.5. The molecule has 0 aliphatic heterocycles. The minimum absolute atomic E-state index is 0.176. The van der Waals surface area contributed by atoms with Gasteiger partial charge in [-0.3, -0.25) is 9.78 Å². The van der Waals surface area contributed by atoms with E-state index in [1.54, 1.807) is 23.9 Å². The predicted octanol–water partition coefficient (Wildman–Crippen LogP) is 3.14. The molecule has 7 nitrogen and oxygen atoms in total. The first-order valence-corrected chi connectivity index (χ1v) is 8.61. The Balaban J connectivity index is 2.34. The number of hydrogen-bond acceptors (Lipinski definition) is 5. The summed E-state index contributed by atoms with van der Waals surface area (Å²) in [4.78, 5) is 25.5. The van der Waals surface area contributed by atoms with Crippen molar-refractivity contribution < 1.29 is 8.78 Å². The fourth-order valence-corrected chi connectivity index (χ4v) is 2.85. The molecule has 1 N–H and O–H groups in total. The van der Waals surface area contributed by atoms with Gasteiger partial charge in [0.05, 0.1) is 16.8 Å². The predicted molar refractivity (Wildman–Crippen MR) is 99.9 cm³/mol. The molecule has 0 bridgehead atoms. The highest BCUT2D eigenvalue weighted by atomic mass is 19.3.